The smallest absolute Gasteiger partial charge is 0.152 e. The van der Waals surface area contributed by atoms with Crippen LogP contribution in [0.25, 0.3) is 0 Å². The van der Waals surface area contributed by atoms with E-state index in [1.165, 1.54) is 0 Å². The molecular formula is C19H25FO3. The topological polar surface area (TPSA) is 54.4 Å². The van der Waals surface area contributed by atoms with Gasteiger partial charge < -0.3 is 5.11 Å². The average molecular weight is 320 g/mol. The fourth-order valence-electron chi connectivity index (χ4n) is 5.72. The Morgan fingerprint density at radius 2 is 1.83 bits per heavy atom. The Hall–Kier alpha value is -1.21. The number of aliphatic hydroxyl groups is 1. The Morgan fingerprint density at radius 1 is 1.22 bits per heavy atom. The van der Waals surface area contributed by atoms with Crippen LogP contribution in [0.4, 0.5) is 4.39 Å². The molecule has 3 nitrogen and oxygen atoms in total. The lowest BCUT2D eigenvalue weighted by atomic mass is 9.46. The third-order valence-corrected chi connectivity index (χ3v) is 7.18. The maximum atomic E-state index is 16.3. The normalized spacial score (nSPS) is 49.4. The summed E-state index contributed by atoms with van der Waals surface area (Å²) in [6.07, 6.45) is 6.57. The van der Waals surface area contributed by atoms with Gasteiger partial charge in [0, 0.05) is 30.6 Å². The summed E-state index contributed by atoms with van der Waals surface area (Å²) >= 11 is 0. The van der Waals surface area contributed by atoms with Crippen molar-refractivity contribution >= 4 is 11.6 Å². The molecule has 0 spiro atoms. The van der Waals surface area contributed by atoms with E-state index in [0.29, 0.717) is 32.1 Å². The third-order valence-electron chi connectivity index (χ3n) is 7.18. The highest BCUT2D eigenvalue weighted by Gasteiger charge is 2.71. The van der Waals surface area contributed by atoms with E-state index in [1.807, 2.05) is 6.92 Å². The van der Waals surface area contributed by atoms with Crippen molar-refractivity contribution < 1.29 is 19.1 Å². The molecule has 0 amide bonds. The van der Waals surface area contributed by atoms with Crippen LogP contribution in [0.2, 0.25) is 0 Å². The van der Waals surface area contributed by atoms with Crippen molar-refractivity contribution in [1.82, 2.24) is 0 Å². The van der Waals surface area contributed by atoms with Gasteiger partial charge in [0.2, 0.25) is 0 Å². The molecule has 0 saturated heterocycles. The highest BCUT2D eigenvalue weighted by atomic mass is 19.1. The maximum Gasteiger partial charge on any atom is 0.152 e. The first-order chi connectivity index (χ1) is 10.7. The second-order valence-corrected chi connectivity index (χ2v) is 8.08. The molecule has 3 aliphatic carbocycles. The molecule has 0 aromatic carbocycles. The van der Waals surface area contributed by atoms with E-state index in [2.05, 4.69) is 5.92 Å². The van der Waals surface area contributed by atoms with Gasteiger partial charge in [-0.3, -0.25) is 9.59 Å². The van der Waals surface area contributed by atoms with Gasteiger partial charge >= 0.3 is 0 Å². The van der Waals surface area contributed by atoms with Crippen molar-refractivity contribution in [2.24, 2.45) is 22.7 Å². The SMILES string of the molecule is C#CCC[C@@]1(C)C(=O)CC[C@H]2[C@@H]3CCC(=O)[C@@]3(C)C[C@H](O)[C@@]21F. The molecule has 0 aromatic heterocycles. The van der Waals surface area contributed by atoms with Crippen LogP contribution in [0, 0.1) is 35.0 Å². The molecule has 3 fully saturated rings. The van der Waals surface area contributed by atoms with Gasteiger partial charge in [-0.1, -0.05) is 6.92 Å². The predicted molar refractivity (Wildman–Crippen MR) is 84.2 cm³/mol. The summed E-state index contributed by atoms with van der Waals surface area (Å²) < 4.78 is 16.3. The number of halogens is 1. The number of Topliss-reactive ketones (excluding diaryl/α,β-unsaturated/α-hetero) is 2. The second kappa shape index (κ2) is 5.14. The van der Waals surface area contributed by atoms with Crippen LogP contribution >= 0.6 is 0 Å². The van der Waals surface area contributed by atoms with Gasteiger partial charge in [-0.2, -0.15) is 0 Å². The summed E-state index contributed by atoms with van der Waals surface area (Å²) in [5.74, 6) is 1.96. The summed E-state index contributed by atoms with van der Waals surface area (Å²) in [6.45, 7) is 3.49. The zero-order chi connectivity index (χ0) is 17.0. The zero-order valence-electron chi connectivity index (χ0n) is 13.9. The average Bonchev–Trinajstić information content (AvgIpc) is 2.79. The minimum absolute atomic E-state index is 0.0818. The van der Waals surface area contributed by atoms with Crippen LogP contribution in [0.1, 0.15) is 58.8 Å². The first-order valence-electron chi connectivity index (χ1n) is 8.59. The largest absolute Gasteiger partial charge is 0.390 e. The van der Waals surface area contributed by atoms with Crippen LogP contribution in [0.3, 0.4) is 0 Å². The number of hydrogen-bond donors (Lipinski definition) is 1. The molecule has 3 saturated carbocycles. The Balaban J connectivity index is 2.07. The highest BCUT2D eigenvalue weighted by Crippen LogP contribution is 2.65. The summed E-state index contributed by atoms with van der Waals surface area (Å²) in [4.78, 5) is 24.9. The third kappa shape index (κ3) is 1.92. The zero-order valence-corrected chi connectivity index (χ0v) is 13.9. The van der Waals surface area contributed by atoms with Crippen LogP contribution in [0.15, 0.2) is 0 Å². The molecule has 23 heavy (non-hydrogen) atoms. The monoisotopic (exact) mass is 320 g/mol. The summed E-state index contributed by atoms with van der Waals surface area (Å²) in [7, 11) is 0. The molecule has 4 heteroatoms. The molecule has 0 aromatic rings. The number of alkyl halides is 1. The number of fused-ring (bicyclic) bond motifs is 3. The molecule has 0 heterocycles. The number of terminal acetylenes is 1. The van der Waals surface area contributed by atoms with Crippen LogP contribution < -0.4 is 0 Å². The first-order valence-corrected chi connectivity index (χ1v) is 8.59. The number of ketones is 2. The lowest BCUT2D eigenvalue weighted by Crippen LogP contribution is -2.68. The number of carbonyl (C=O) groups excluding carboxylic acids is 2. The molecule has 1 N–H and O–H groups in total. The number of hydrogen-bond acceptors (Lipinski definition) is 3. The first kappa shape index (κ1) is 16.6. The van der Waals surface area contributed by atoms with E-state index >= 15 is 4.39 Å². The Morgan fingerprint density at radius 3 is 2.48 bits per heavy atom. The van der Waals surface area contributed by atoms with Gasteiger partial charge in [0.1, 0.15) is 11.6 Å². The maximum absolute atomic E-state index is 16.3. The standard InChI is InChI=1S/C19H25FO3/c1-4-5-10-18(3)15(22)9-7-13-12-6-8-14(21)17(12,2)11-16(23)19(13,18)20/h1,12-13,16,23H,5-11H2,2-3H3/t12-,13-,16-,17-,18-,19-/m0/s1. The van der Waals surface area contributed by atoms with E-state index in [-0.39, 0.29) is 30.3 Å². The lowest BCUT2D eigenvalue weighted by molar-refractivity contribution is -0.212. The van der Waals surface area contributed by atoms with E-state index in [9.17, 15) is 14.7 Å². The van der Waals surface area contributed by atoms with Crippen molar-refractivity contribution in [2.75, 3.05) is 0 Å². The fourth-order valence-corrected chi connectivity index (χ4v) is 5.72. The number of rotatable bonds is 2. The molecule has 3 rings (SSSR count). The lowest BCUT2D eigenvalue weighted by Gasteiger charge is -2.59. The van der Waals surface area contributed by atoms with Gasteiger partial charge in [0.25, 0.3) is 0 Å². The summed E-state index contributed by atoms with van der Waals surface area (Å²) in [5, 5.41) is 10.7. The van der Waals surface area contributed by atoms with Gasteiger partial charge in [-0.25, -0.2) is 4.39 Å². The van der Waals surface area contributed by atoms with Crippen molar-refractivity contribution in [3.05, 3.63) is 0 Å². The molecular weight excluding hydrogens is 295 g/mol. The van der Waals surface area contributed by atoms with Gasteiger partial charge in [-0.15, -0.1) is 12.3 Å². The van der Waals surface area contributed by atoms with Crippen molar-refractivity contribution in [3.63, 3.8) is 0 Å². The molecule has 0 bridgehead atoms. The van der Waals surface area contributed by atoms with Crippen molar-refractivity contribution in [2.45, 2.75) is 70.6 Å². The van der Waals surface area contributed by atoms with E-state index < -0.39 is 28.5 Å². The van der Waals surface area contributed by atoms with Gasteiger partial charge in [0.15, 0.2) is 5.67 Å². The highest BCUT2D eigenvalue weighted by molar-refractivity contribution is 5.89. The second-order valence-electron chi connectivity index (χ2n) is 8.08. The molecule has 0 radical (unpaired) electrons. The minimum atomic E-state index is -1.98. The molecule has 0 aliphatic heterocycles. The van der Waals surface area contributed by atoms with Crippen molar-refractivity contribution in [3.8, 4) is 12.3 Å². The predicted octanol–water partition coefficient (Wildman–Crippen LogP) is 2.84. The van der Waals surface area contributed by atoms with Crippen molar-refractivity contribution in [1.29, 1.82) is 0 Å². The van der Waals surface area contributed by atoms with Crippen LogP contribution in [0.5, 0.6) is 0 Å². The Labute approximate surface area is 137 Å². The van der Waals surface area contributed by atoms with E-state index in [4.69, 9.17) is 6.42 Å². The van der Waals surface area contributed by atoms with Crippen LogP contribution in [-0.4, -0.2) is 28.4 Å². The van der Waals surface area contributed by atoms with Gasteiger partial charge in [-0.05, 0) is 38.5 Å². The Kier molecular flexibility index (Phi) is 3.72. The van der Waals surface area contributed by atoms with Gasteiger partial charge in [0.05, 0.1) is 11.5 Å². The summed E-state index contributed by atoms with van der Waals surface area (Å²) in [5.41, 5.74) is -3.88. The van der Waals surface area contributed by atoms with Crippen LogP contribution in [-0.2, 0) is 9.59 Å². The quantitative estimate of drug-likeness (QED) is 0.796. The molecule has 126 valence electrons. The number of carbonyl (C=O) groups is 2. The van der Waals surface area contributed by atoms with E-state index in [0.717, 1.165) is 0 Å². The Bertz CT molecular complexity index is 594. The summed E-state index contributed by atoms with van der Waals surface area (Å²) in [6, 6.07) is 0. The fraction of sp³-hybridized carbons (Fsp3) is 0.789. The van der Waals surface area contributed by atoms with E-state index in [1.54, 1.807) is 6.92 Å². The minimum Gasteiger partial charge on any atom is -0.390 e. The molecule has 0 unspecified atom stereocenters. The molecule has 3 aliphatic rings. The molecule has 6 atom stereocenters. The number of aliphatic hydroxyl groups excluding tert-OH is 1.